The lowest BCUT2D eigenvalue weighted by Crippen LogP contribution is -2.23. The number of unbranched alkanes of at least 4 members (excludes halogenated alkanes) is 1. The van der Waals surface area contributed by atoms with Gasteiger partial charge in [0.05, 0.1) is 7.11 Å². The van der Waals surface area contributed by atoms with E-state index in [4.69, 9.17) is 4.74 Å². The van der Waals surface area contributed by atoms with Crippen molar-refractivity contribution in [3.63, 3.8) is 0 Å². The molecule has 0 aliphatic carbocycles. The van der Waals surface area contributed by atoms with Crippen molar-refractivity contribution in [2.24, 2.45) is 5.92 Å². The average Bonchev–Trinajstić information content (AvgIpc) is 2.36. The summed E-state index contributed by atoms with van der Waals surface area (Å²) in [5.41, 5.74) is 1.17. The molecule has 0 amide bonds. The van der Waals surface area contributed by atoms with Gasteiger partial charge in [-0.05, 0) is 43.5 Å². The molecule has 0 aliphatic rings. The van der Waals surface area contributed by atoms with E-state index < -0.39 is 0 Å². The summed E-state index contributed by atoms with van der Waals surface area (Å²) in [5.74, 6) is 1.61. The van der Waals surface area contributed by atoms with E-state index in [1.807, 2.05) is 12.1 Å². The van der Waals surface area contributed by atoms with Crippen LogP contribution in [0, 0.1) is 5.92 Å². The van der Waals surface area contributed by atoms with E-state index >= 15 is 0 Å². The molecule has 2 atom stereocenters. The summed E-state index contributed by atoms with van der Waals surface area (Å²) in [6.45, 7) is 6.82. The normalized spacial score (nSPS) is 14.1. The third-order valence-electron chi connectivity index (χ3n) is 3.35. The SMILES string of the molecule is CCCC[C@@H](C)[C@@H](C)Nc1ccc(OC)cc1. The molecule has 0 fully saturated rings. The second-order valence-corrected chi connectivity index (χ2v) is 4.78. The minimum Gasteiger partial charge on any atom is -0.497 e. The van der Waals surface area contributed by atoms with Crippen molar-refractivity contribution in [3.05, 3.63) is 24.3 Å². The van der Waals surface area contributed by atoms with Crippen molar-refractivity contribution < 1.29 is 4.74 Å². The van der Waals surface area contributed by atoms with Crippen LogP contribution in [0.2, 0.25) is 0 Å². The molecule has 0 unspecified atom stereocenters. The number of hydrogen-bond acceptors (Lipinski definition) is 2. The van der Waals surface area contributed by atoms with Crippen LogP contribution in [0.25, 0.3) is 0 Å². The van der Waals surface area contributed by atoms with Crippen LogP contribution in [0.4, 0.5) is 5.69 Å². The van der Waals surface area contributed by atoms with Crippen molar-refractivity contribution in [2.75, 3.05) is 12.4 Å². The Kier molecular flexibility index (Phi) is 5.88. The Bertz CT molecular complexity index is 307. The monoisotopic (exact) mass is 235 g/mol. The summed E-state index contributed by atoms with van der Waals surface area (Å²) in [4.78, 5) is 0. The Morgan fingerprint density at radius 3 is 2.35 bits per heavy atom. The second-order valence-electron chi connectivity index (χ2n) is 4.78. The highest BCUT2D eigenvalue weighted by atomic mass is 16.5. The van der Waals surface area contributed by atoms with Gasteiger partial charge in [-0.15, -0.1) is 0 Å². The van der Waals surface area contributed by atoms with Gasteiger partial charge in [0.15, 0.2) is 0 Å². The van der Waals surface area contributed by atoms with E-state index in [0.717, 1.165) is 5.75 Å². The van der Waals surface area contributed by atoms with Crippen molar-refractivity contribution in [2.45, 2.75) is 46.1 Å². The Morgan fingerprint density at radius 1 is 1.18 bits per heavy atom. The zero-order valence-corrected chi connectivity index (χ0v) is 11.5. The molecule has 17 heavy (non-hydrogen) atoms. The first-order valence-electron chi connectivity index (χ1n) is 6.58. The van der Waals surface area contributed by atoms with Gasteiger partial charge in [0.25, 0.3) is 0 Å². The number of methoxy groups -OCH3 is 1. The van der Waals surface area contributed by atoms with Crippen LogP contribution in [0.1, 0.15) is 40.0 Å². The largest absolute Gasteiger partial charge is 0.497 e. The average molecular weight is 235 g/mol. The summed E-state index contributed by atoms with van der Waals surface area (Å²) in [7, 11) is 1.69. The highest BCUT2D eigenvalue weighted by Crippen LogP contribution is 2.19. The predicted octanol–water partition coefficient (Wildman–Crippen LogP) is 4.32. The topological polar surface area (TPSA) is 21.3 Å². The van der Waals surface area contributed by atoms with Gasteiger partial charge in [0.2, 0.25) is 0 Å². The lowest BCUT2D eigenvalue weighted by atomic mass is 9.97. The molecule has 1 rings (SSSR count). The molecule has 0 spiro atoms. The lowest BCUT2D eigenvalue weighted by Gasteiger charge is -2.22. The third kappa shape index (κ3) is 4.68. The summed E-state index contributed by atoms with van der Waals surface area (Å²) >= 11 is 0. The molecule has 0 aliphatic heterocycles. The Labute approximate surface area is 105 Å². The summed E-state index contributed by atoms with van der Waals surface area (Å²) < 4.78 is 5.15. The maximum atomic E-state index is 5.15. The van der Waals surface area contributed by atoms with Crippen LogP contribution in [0.3, 0.4) is 0 Å². The minimum absolute atomic E-state index is 0.509. The van der Waals surface area contributed by atoms with Gasteiger partial charge in [-0.3, -0.25) is 0 Å². The molecule has 0 heterocycles. The Morgan fingerprint density at radius 2 is 1.82 bits per heavy atom. The van der Waals surface area contributed by atoms with Crippen LogP contribution in [0.15, 0.2) is 24.3 Å². The molecule has 0 saturated heterocycles. The van der Waals surface area contributed by atoms with Crippen molar-refractivity contribution in [3.8, 4) is 5.75 Å². The number of nitrogens with one attached hydrogen (secondary N) is 1. The molecule has 1 aromatic rings. The molecule has 0 bridgehead atoms. The number of ether oxygens (including phenoxy) is 1. The summed E-state index contributed by atoms with van der Waals surface area (Å²) in [6, 6.07) is 8.64. The predicted molar refractivity (Wildman–Crippen MR) is 74.8 cm³/mol. The number of anilines is 1. The van der Waals surface area contributed by atoms with Crippen LogP contribution >= 0.6 is 0 Å². The zero-order valence-electron chi connectivity index (χ0n) is 11.5. The molecular formula is C15H25NO. The second kappa shape index (κ2) is 7.21. The van der Waals surface area contributed by atoms with Crippen LogP contribution in [-0.4, -0.2) is 13.2 Å². The maximum absolute atomic E-state index is 5.15. The van der Waals surface area contributed by atoms with Gasteiger partial charge in [-0.1, -0.05) is 26.7 Å². The maximum Gasteiger partial charge on any atom is 0.119 e. The van der Waals surface area contributed by atoms with Crippen LogP contribution in [0.5, 0.6) is 5.75 Å². The van der Waals surface area contributed by atoms with Crippen LogP contribution in [-0.2, 0) is 0 Å². The number of rotatable bonds is 7. The van der Waals surface area contributed by atoms with Crippen molar-refractivity contribution >= 4 is 5.69 Å². The molecule has 96 valence electrons. The highest BCUT2D eigenvalue weighted by Gasteiger charge is 2.11. The van der Waals surface area contributed by atoms with E-state index in [-0.39, 0.29) is 0 Å². The molecule has 0 saturated carbocycles. The third-order valence-corrected chi connectivity index (χ3v) is 3.35. The molecule has 0 radical (unpaired) electrons. The molecule has 0 aromatic heterocycles. The minimum atomic E-state index is 0.509. The van der Waals surface area contributed by atoms with E-state index in [2.05, 4.69) is 38.2 Å². The molecule has 1 aromatic carbocycles. The van der Waals surface area contributed by atoms with Crippen molar-refractivity contribution in [1.82, 2.24) is 0 Å². The van der Waals surface area contributed by atoms with Gasteiger partial charge in [0.1, 0.15) is 5.75 Å². The van der Waals surface area contributed by atoms with E-state index in [1.165, 1.54) is 24.9 Å². The number of benzene rings is 1. The molecule has 2 heteroatoms. The van der Waals surface area contributed by atoms with Gasteiger partial charge in [-0.2, -0.15) is 0 Å². The first-order chi connectivity index (χ1) is 8.17. The van der Waals surface area contributed by atoms with E-state index in [0.29, 0.717) is 12.0 Å². The van der Waals surface area contributed by atoms with Gasteiger partial charge >= 0.3 is 0 Å². The molecule has 2 nitrogen and oxygen atoms in total. The Hall–Kier alpha value is -1.18. The lowest BCUT2D eigenvalue weighted by molar-refractivity contribution is 0.414. The fourth-order valence-corrected chi connectivity index (χ4v) is 1.87. The standard InChI is InChI=1S/C15H25NO/c1-5-6-7-12(2)13(3)16-14-8-10-15(17-4)11-9-14/h8-13,16H,5-7H2,1-4H3/t12-,13-/m1/s1. The van der Waals surface area contributed by atoms with Gasteiger partial charge < -0.3 is 10.1 Å². The fourth-order valence-electron chi connectivity index (χ4n) is 1.87. The summed E-state index contributed by atoms with van der Waals surface area (Å²) in [6.07, 6.45) is 3.89. The van der Waals surface area contributed by atoms with E-state index in [9.17, 15) is 0 Å². The molecular weight excluding hydrogens is 210 g/mol. The highest BCUT2D eigenvalue weighted by molar-refractivity contribution is 5.47. The smallest absolute Gasteiger partial charge is 0.119 e. The quantitative estimate of drug-likeness (QED) is 0.760. The Balaban J connectivity index is 2.46. The van der Waals surface area contributed by atoms with Crippen LogP contribution < -0.4 is 10.1 Å². The first kappa shape index (κ1) is 13.9. The molecule has 1 N–H and O–H groups in total. The zero-order chi connectivity index (χ0) is 12.7. The van der Waals surface area contributed by atoms with Crippen molar-refractivity contribution in [1.29, 1.82) is 0 Å². The fraction of sp³-hybridized carbons (Fsp3) is 0.600. The first-order valence-corrected chi connectivity index (χ1v) is 6.58. The van der Waals surface area contributed by atoms with E-state index in [1.54, 1.807) is 7.11 Å². The van der Waals surface area contributed by atoms with Gasteiger partial charge in [-0.25, -0.2) is 0 Å². The van der Waals surface area contributed by atoms with Gasteiger partial charge in [0, 0.05) is 11.7 Å². The number of hydrogen-bond donors (Lipinski definition) is 1. The summed E-state index contributed by atoms with van der Waals surface area (Å²) in [5, 5.41) is 3.55.